The van der Waals surface area contributed by atoms with E-state index in [1.807, 2.05) is 74.1 Å². The SMILES string of the molecule is CC(C)C[C@H]1NC(=O)[C@H]2CCCN2C(=O)[C@@H](C(C)C)NC(=O)[C@@H](Cc2c[nH]c3ccccc23)NC(=O)CC(CNC(=O)COCCOCCOCCNC(=O)CCCCC2SC[C@H]3NC(=O)N[C@@H]23)c2cn(nn2)CCCC[C@@H](C(N)=O)NC(=O)[C@@H](Cc2c[nH]c3ccccc23)NC1=O. The maximum atomic E-state index is 14.9. The zero-order valence-electron chi connectivity index (χ0n) is 56.3. The maximum absolute atomic E-state index is 14.9. The van der Waals surface area contributed by atoms with Gasteiger partial charge in [-0.05, 0) is 86.5 Å². The molecule has 11 amide bonds. The molecule has 0 spiro atoms. The number of aromatic nitrogens is 5. The minimum Gasteiger partial charge on any atom is -0.377 e. The van der Waals surface area contributed by atoms with Gasteiger partial charge in [-0.3, -0.25) is 47.8 Å². The van der Waals surface area contributed by atoms with Gasteiger partial charge in [-0.1, -0.05) is 75.7 Å². The van der Waals surface area contributed by atoms with Gasteiger partial charge in [0.1, 0.15) is 42.9 Å². The number of primary amides is 1. The number of rotatable bonds is 26. The van der Waals surface area contributed by atoms with Crippen LogP contribution >= 0.6 is 11.8 Å². The van der Waals surface area contributed by atoms with Gasteiger partial charge in [-0.25, -0.2) is 4.79 Å². The summed E-state index contributed by atoms with van der Waals surface area (Å²) in [6.07, 6.45) is 9.71. The van der Waals surface area contributed by atoms with Crippen molar-refractivity contribution in [2.24, 2.45) is 17.6 Å². The highest BCUT2D eigenvalue weighted by molar-refractivity contribution is 8.00. The largest absolute Gasteiger partial charge is 0.377 e. The fraction of sp³-hybridized carbons (Fsp3) is 0.588. The summed E-state index contributed by atoms with van der Waals surface area (Å²) < 4.78 is 18.4. The lowest BCUT2D eigenvalue weighted by molar-refractivity contribution is -0.143. The third-order valence-electron chi connectivity index (χ3n) is 18.3. The number of fused-ring (bicyclic) bond motifs is 6. The number of urea groups is 1. The number of aromatic amines is 2. The molecular weight excluding hydrogens is 1280 g/mol. The number of benzene rings is 2. The quantitative estimate of drug-likeness (QED) is 0.0278. The molecule has 0 saturated carbocycles. The molecule has 0 radical (unpaired) electrons. The molecule has 7 heterocycles. The number of aryl methyl sites for hydroxylation is 1. The molecular formula is C68H96N16O13S. The standard InChI is InChI=1S/C68H96N16O13S/c1-40(2)30-50-63(89)76-52(32-43-35-72-48-17-8-6-15-46(43)48)64(90)75-49(62(69)88)18-11-12-23-83-37-53(81-82-83)44(36-73-59(87)38-97-29-28-96-27-26-95-25-22-70-57(85)21-10-9-20-56-61-54(39-98-56)78-68(94)80-61)33-58(86)74-51(31-42-34-71-47-16-7-5-14-45(42)47)65(91)79-60(41(3)4)67(93)84-24-13-19-55(84)66(92)77-50/h5-8,14-17,34-35,37,40-41,44,49-52,54-56,60-61,71-72H,9-13,18-33,36,38-39H2,1-4H3,(H2,69,88)(H,70,85)(H,73,87)(H,74,86)(H,75,90)(H,76,89)(H,77,92)(H,79,91)(H2,78,80,94)/t44?,49-,50+,51+,52+,54+,55+,56?,60+,61+/m0/s1. The van der Waals surface area contributed by atoms with Crippen molar-refractivity contribution in [2.75, 3.05) is 65.0 Å². The summed E-state index contributed by atoms with van der Waals surface area (Å²) in [6, 6.07) is 8.26. The molecule has 532 valence electrons. The van der Waals surface area contributed by atoms with Crippen LogP contribution in [0.5, 0.6) is 0 Å². The first kappa shape index (κ1) is 73.6. The third kappa shape index (κ3) is 21.0. The first-order chi connectivity index (χ1) is 47.3. The second-order valence-electron chi connectivity index (χ2n) is 26.5. The van der Waals surface area contributed by atoms with Crippen molar-refractivity contribution in [1.29, 1.82) is 0 Å². The van der Waals surface area contributed by atoms with Gasteiger partial charge < -0.3 is 82.7 Å². The Morgan fingerprint density at radius 2 is 1.34 bits per heavy atom. The molecule has 2 unspecified atom stereocenters. The fourth-order valence-corrected chi connectivity index (χ4v) is 14.6. The molecule has 0 aliphatic carbocycles. The molecule has 10 atom stereocenters. The van der Waals surface area contributed by atoms with Crippen LogP contribution in [0.25, 0.3) is 21.8 Å². The van der Waals surface area contributed by atoms with E-state index in [0.717, 1.165) is 46.8 Å². The number of carbonyl (C=O) groups is 10. The summed E-state index contributed by atoms with van der Waals surface area (Å²) >= 11 is 1.86. The molecule has 29 nitrogen and oxygen atoms in total. The predicted octanol–water partition coefficient (Wildman–Crippen LogP) is 1.99. The normalized spacial score (nSPS) is 24.1. The van der Waals surface area contributed by atoms with Crippen LogP contribution in [0.1, 0.15) is 121 Å². The number of amides is 11. The molecule has 4 aliphatic rings. The van der Waals surface area contributed by atoms with Gasteiger partial charge in [0.15, 0.2) is 0 Å². The minimum absolute atomic E-state index is 0.00553. The van der Waals surface area contributed by atoms with E-state index in [1.54, 1.807) is 37.1 Å². The van der Waals surface area contributed by atoms with Gasteiger partial charge in [0.25, 0.3) is 0 Å². The lowest BCUT2D eigenvalue weighted by Gasteiger charge is -2.32. The van der Waals surface area contributed by atoms with Crippen molar-refractivity contribution in [3.63, 3.8) is 0 Å². The second kappa shape index (κ2) is 36.3. The van der Waals surface area contributed by atoms with Crippen molar-refractivity contribution in [2.45, 2.75) is 177 Å². The van der Waals surface area contributed by atoms with Crippen LogP contribution in [-0.2, 0) is 76.7 Å². The highest BCUT2D eigenvalue weighted by Crippen LogP contribution is 2.33. The number of hydrogen-bond acceptors (Lipinski definition) is 16. The Balaban J connectivity index is 0.846. The summed E-state index contributed by atoms with van der Waals surface area (Å²) in [7, 11) is 0. The van der Waals surface area contributed by atoms with Crippen LogP contribution in [0.3, 0.4) is 0 Å². The number of ether oxygens (including phenoxy) is 3. The lowest BCUT2D eigenvalue weighted by Crippen LogP contribution is -2.60. The van der Waals surface area contributed by atoms with Crippen molar-refractivity contribution < 1.29 is 62.2 Å². The number of thioether (sulfide) groups is 1. The van der Waals surface area contributed by atoms with Crippen molar-refractivity contribution >= 4 is 92.8 Å². The van der Waals surface area contributed by atoms with E-state index in [1.165, 1.54) is 4.90 Å². The topological polar surface area (TPSA) is 398 Å². The smallest absolute Gasteiger partial charge is 0.315 e. The highest BCUT2D eigenvalue weighted by atomic mass is 32.2. The molecule has 3 saturated heterocycles. The minimum atomic E-state index is -1.24. The predicted molar refractivity (Wildman–Crippen MR) is 366 cm³/mol. The van der Waals surface area contributed by atoms with Crippen molar-refractivity contribution in [3.8, 4) is 0 Å². The van der Waals surface area contributed by atoms with Gasteiger partial charge in [0.05, 0.1) is 50.8 Å². The third-order valence-corrected chi connectivity index (χ3v) is 19.8. The van der Waals surface area contributed by atoms with Crippen LogP contribution in [0.2, 0.25) is 0 Å². The molecule has 3 fully saturated rings. The lowest BCUT2D eigenvalue weighted by atomic mass is 9.98. The van der Waals surface area contributed by atoms with E-state index in [2.05, 4.69) is 68.1 Å². The monoisotopic (exact) mass is 1380 g/mol. The summed E-state index contributed by atoms with van der Waals surface area (Å²) in [6.45, 7) is 8.79. The Kier molecular flexibility index (Phi) is 27.3. The molecule has 5 aromatic rings. The van der Waals surface area contributed by atoms with Gasteiger partial charge in [-0.15, -0.1) is 5.10 Å². The van der Waals surface area contributed by atoms with E-state index in [9.17, 15) is 47.9 Å². The van der Waals surface area contributed by atoms with Crippen molar-refractivity contribution in [1.82, 2.24) is 77.7 Å². The Morgan fingerprint density at radius 1 is 0.684 bits per heavy atom. The summed E-state index contributed by atoms with van der Waals surface area (Å²) in [5.74, 6) is -5.52. The first-order valence-electron chi connectivity index (χ1n) is 34.3. The average molecular weight is 1380 g/mol. The molecule has 3 aromatic heterocycles. The summed E-state index contributed by atoms with van der Waals surface area (Å²) in [5, 5.41) is 36.9. The number of nitrogens with one attached hydrogen (secondary N) is 11. The van der Waals surface area contributed by atoms with E-state index >= 15 is 0 Å². The van der Waals surface area contributed by atoms with Gasteiger partial charge >= 0.3 is 6.03 Å². The molecule has 30 heteroatoms. The fourth-order valence-electron chi connectivity index (χ4n) is 13.0. The van der Waals surface area contributed by atoms with E-state index in [4.69, 9.17) is 19.9 Å². The first-order valence-corrected chi connectivity index (χ1v) is 35.4. The number of nitrogens with zero attached hydrogens (tertiary/aromatic N) is 4. The Labute approximate surface area is 573 Å². The molecule has 9 rings (SSSR count). The zero-order valence-corrected chi connectivity index (χ0v) is 57.1. The Hall–Kier alpha value is -8.61. The van der Waals surface area contributed by atoms with Gasteiger partial charge in [0, 0.05) is 109 Å². The average Bonchev–Trinajstić information content (AvgIpc) is 1.61. The van der Waals surface area contributed by atoms with E-state index in [-0.39, 0.29) is 121 Å². The van der Waals surface area contributed by atoms with Crippen molar-refractivity contribution in [3.05, 3.63) is 83.9 Å². The number of para-hydroxylation sites is 2. The number of carbonyl (C=O) groups excluding carboxylic acids is 10. The highest BCUT2D eigenvalue weighted by Gasteiger charge is 2.44. The van der Waals surface area contributed by atoms with E-state index < -0.39 is 95.3 Å². The number of hydrogen-bond donors (Lipinski definition) is 12. The number of H-pyrrole nitrogens is 2. The molecule has 13 N–H and O–H groups in total. The van der Waals surface area contributed by atoms with Crippen LogP contribution in [0.4, 0.5) is 4.79 Å². The summed E-state index contributed by atoms with van der Waals surface area (Å²) in [4.78, 5) is 146. The molecule has 2 aromatic carbocycles. The maximum Gasteiger partial charge on any atom is 0.315 e. The van der Waals surface area contributed by atoms with Gasteiger partial charge in [0.2, 0.25) is 53.2 Å². The Morgan fingerprint density at radius 3 is 2.03 bits per heavy atom. The Bertz CT molecular complexity index is 3560. The molecule has 2 bridgehead atoms. The van der Waals surface area contributed by atoms with Crippen LogP contribution in [0, 0.1) is 11.8 Å². The van der Waals surface area contributed by atoms with Crippen LogP contribution in [-0.4, -0.2) is 208 Å². The van der Waals surface area contributed by atoms with Crippen LogP contribution in [0.15, 0.2) is 67.1 Å². The van der Waals surface area contributed by atoms with Crippen LogP contribution < -0.4 is 53.6 Å². The molecule has 98 heavy (non-hydrogen) atoms. The van der Waals surface area contributed by atoms with E-state index in [0.29, 0.717) is 60.9 Å². The van der Waals surface area contributed by atoms with Gasteiger partial charge in [-0.2, -0.15) is 11.8 Å². The summed E-state index contributed by atoms with van der Waals surface area (Å²) in [5.41, 5.74) is 9.31. The number of unbranched alkanes of at least 4 members (excludes halogenated alkanes) is 1. The zero-order chi connectivity index (χ0) is 69.7. The second-order valence-corrected chi connectivity index (χ2v) is 27.8. The number of nitrogens with two attached hydrogens (primary N) is 1. The molecule has 4 aliphatic heterocycles.